The fourth-order valence-corrected chi connectivity index (χ4v) is 4.73. The van der Waals surface area contributed by atoms with Gasteiger partial charge in [-0.15, -0.1) is 10.2 Å². The molecule has 2 aromatic rings. The second-order valence-corrected chi connectivity index (χ2v) is 7.51. The Morgan fingerprint density at radius 3 is 2.70 bits per heavy atom. The molecule has 0 unspecified atom stereocenters. The molecule has 0 aromatic carbocycles. The molecule has 3 heterocycles. The molecule has 10 heteroatoms. The number of methoxy groups -OCH3 is 1. The molecule has 3 rings (SSSR count). The van der Waals surface area contributed by atoms with Gasteiger partial charge in [-0.1, -0.05) is 5.16 Å². The summed E-state index contributed by atoms with van der Waals surface area (Å²) in [6.45, 7) is 5.98. The van der Waals surface area contributed by atoms with Crippen molar-refractivity contribution in [1.29, 1.82) is 0 Å². The van der Waals surface area contributed by atoms with Gasteiger partial charge in [0, 0.05) is 19.7 Å². The Bertz CT molecular complexity index is 806. The third-order valence-corrected chi connectivity index (χ3v) is 5.96. The topological polar surface area (TPSA) is 103 Å². The van der Waals surface area contributed by atoms with Gasteiger partial charge in [-0.2, -0.15) is 4.31 Å². The predicted molar refractivity (Wildman–Crippen MR) is 79.0 cm³/mol. The molecule has 9 nitrogen and oxygen atoms in total. The highest BCUT2D eigenvalue weighted by atomic mass is 32.2. The largest absolute Gasteiger partial charge is 0.377 e. The third-order valence-electron chi connectivity index (χ3n) is 3.90. The molecule has 23 heavy (non-hydrogen) atoms. The minimum atomic E-state index is -3.69. The first-order valence-electron chi connectivity index (χ1n) is 7.21. The molecule has 2 aromatic heterocycles. The van der Waals surface area contributed by atoms with E-state index in [9.17, 15) is 8.42 Å². The van der Waals surface area contributed by atoms with Crippen LogP contribution in [0.5, 0.6) is 0 Å². The van der Waals surface area contributed by atoms with E-state index in [-0.39, 0.29) is 17.5 Å². The summed E-state index contributed by atoms with van der Waals surface area (Å²) >= 11 is 0. The number of aromatic nitrogens is 4. The van der Waals surface area contributed by atoms with Crippen LogP contribution in [0, 0.1) is 13.8 Å². The Morgan fingerprint density at radius 1 is 1.35 bits per heavy atom. The minimum Gasteiger partial charge on any atom is -0.377 e. The van der Waals surface area contributed by atoms with Crippen LogP contribution < -0.4 is 0 Å². The molecule has 0 bridgehead atoms. The van der Waals surface area contributed by atoms with Crippen LogP contribution in [0.1, 0.15) is 36.1 Å². The lowest BCUT2D eigenvalue weighted by Gasteiger charge is -2.31. The van der Waals surface area contributed by atoms with Crippen LogP contribution >= 0.6 is 0 Å². The Labute approximate surface area is 134 Å². The third kappa shape index (κ3) is 2.56. The highest BCUT2D eigenvalue weighted by Crippen LogP contribution is 2.29. The first-order chi connectivity index (χ1) is 10.9. The van der Waals surface area contributed by atoms with Gasteiger partial charge >= 0.3 is 0 Å². The summed E-state index contributed by atoms with van der Waals surface area (Å²) in [5.74, 6) is 1.60. The molecule has 0 fully saturated rings. The molecule has 1 aliphatic heterocycles. The van der Waals surface area contributed by atoms with Crippen molar-refractivity contribution in [3.8, 4) is 0 Å². The second kappa shape index (κ2) is 5.69. The first-order valence-corrected chi connectivity index (χ1v) is 8.65. The van der Waals surface area contributed by atoms with E-state index in [1.54, 1.807) is 21.0 Å². The number of hydrogen-bond acceptors (Lipinski definition) is 7. The van der Waals surface area contributed by atoms with Crippen molar-refractivity contribution < 1.29 is 17.7 Å². The van der Waals surface area contributed by atoms with E-state index in [1.807, 2.05) is 11.5 Å². The number of sulfonamides is 1. The number of ether oxygens (including phenoxy) is 1. The highest BCUT2D eigenvalue weighted by Gasteiger charge is 2.37. The SMILES string of the molecule is COCc1nnc2n1[C@@H](C)CN(S(=O)(=O)c1c(C)noc1C)C2. The van der Waals surface area contributed by atoms with Gasteiger partial charge in [0.2, 0.25) is 10.0 Å². The molecular weight excluding hydrogens is 322 g/mol. The fraction of sp³-hybridized carbons (Fsp3) is 0.615. The molecule has 0 amide bonds. The minimum absolute atomic E-state index is 0.0888. The van der Waals surface area contributed by atoms with Crippen LogP contribution in [0.2, 0.25) is 0 Å². The molecular formula is C13H19N5O4S. The average molecular weight is 341 g/mol. The van der Waals surface area contributed by atoms with E-state index in [0.717, 1.165) is 0 Å². The Balaban J connectivity index is 1.97. The predicted octanol–water partition coefficient (Wildman–Crippen LogP) is 0.795. The lowest BCUT2D eigenvalue weighted by molar-refractivity contribution is 0.168. The summed E-state index contributed by atoms with van der Waals surface area (Å²) < 4.78 is 39.3. The zero-order chi connectivity index (χ0) is 16.8. The van der Waals surface area contributed by atoms with Crippen molar-refractivity contribution in [2.45, 2.75) is 44.9 Å². The molecule has 126 valence electrons. The van der Waals surface area contributed by atoms with Crippen molar-refractivity contribution in [1.82, 2.24) is 24.2 Å². The number of aryl methyl sites for hydroxylation is 2. The monoisotopic (exact) mass is 341 g/mol. The van der Waals surface area contributed by atoms with E-state index in [4.69, 9.17) is 9.26 Å². The van der Waals surface area contributed by atoms with Crippen LogP contribution in [0.15, 0.2) is 9.42 Å². The Kier molecular flexibility index (Phi) is 3.98. The average Bonchev–Trinajstić information content (AvgIpc) is 3.04. The van der Waals surface area contributed by atoms with Gasteiger partial charge in [0.1, 0.15) is 23.0 Å². The molecule has 0 spiro atoms. The molecule has 0 N–H and O–H groups in total. The van der Waals surface area contributed by atoms with Crippen molar-refractivity contribution in [2.75, 3.05) is 13.7 Å². The van der Waals surface area contributed by atoms with Crippen molar-refractivity contribution in [3.63, 3.8) is 0 Å². The van der Waals surface area contributed by atoms with Crippen molar-refractivity contribution in [3.05, 3.63) is 23.1 Å². The van der Waals surface area contributed by atoms with Gasteiger partial charge in [-0.05, 0) is 20.8 Å². The zero-order valence-electron chi connectivity index (χ0n) is 13.5. The number of nitrogens with zero attached hydrogens (tertiary/aromatic N) is 5. The van der Waals surface area contributed by atoms with E-state index < -0.39 is 10.0 Å². The number of hydrogen-bond donors (Lipinski definition) is 0. The quantitative estimate of drug-likeness (QED) is 0.810. The van der Waals surface area contributed by atoms with Gasteiger partial charge in [-0.3, -0.25) is 0 Å². The van der Waals surface area contributed by atoms with Crippen molar-refractivity contribution in [2.24, 2.45) is 0 Å². The van der Waals surface area contributed by atoms with Gasteiger partial charge < -0.3 is 13.8 Å². The molecule has 0 aliphatic carbocycles. The molecule has 1 atom stereocenters. The molecule has 0 radical (unpaired) electrons. The standard InChI is InChI=1S/C13H19N5O4S/c1-8-5-17(6-11-14-15-12(7-21-4)18(8)11)23(19,20)13-9(2)16-22-10(13)3/h8H,5-7H2,1-4H3/t8-/m0/s1. The van der Waals surface area contributed by atoms with E-state index >= 15 is 0 Å². The summed E-state index contributed by atoms with van der Waals surface area (Å²) in [5.41, 5.74) is 0.363. The van der Waals surface area contributed by atoms with Crippen LogP contribution in [0.3, 0.4) is 0 Å². The van der Waals surface area contributed by atoms with Crippen molar-refractivity contribution >= 4 is 10.0 Å². The number of fused-ring (bicyclic) bond motifs is 1. The highest BCUT2D eigenvalue weighted by molar-refractivity contribution is 7.89. The maximum atomic E-state index is 12.9. The summed E-state index contributed by atoms with van der Waals surface area (Å²) in [6.07, 6.45) is 0. The van der Waals surface area contributed by atoms with Gasteiger partial charge in [-0.25, -0.2) is 8.42 Å². The Hall–Kier alpha value is -1.78. The second-order valence-electron chi connectivity index (χ2n) is 5.64. The normalized spacial score (nSPS) is 19.0. The summed E-state index contributed by atoms with van der Waals surface area (Å²) in [6, 6.07) is -0.0888. The first kappa shape index (κ1) is 16.1. The zero-order valence-corrected chi connectivity index (χ0v) is 14.3. The van der Waals surface area contributed by atoms with Crippen LogP contribution in [0.4, 0.5) is 0 Å². The summed E-state index contributed by atoms with van der Waals surface area (Å²) in [4.78, 5) is 0.134. The maximum absolute atomic E-state index is 12.9. The van der Waals surface area contributed by atoms with Gasteiger partial charge in [0.25, 0.3) is 0 Å². The summed E-state index contributed by atoms with van der Waals surface area (Å²) in [7, 11) is -2.11. The van der Waals surface area contributed by atoms with Gasteiger partial charge in [0.15, 0.2) is 11.6 Å². The number of rotatable bonds is 4. The summed E-state index contributed by atoms with van der Waals surface area (Å²) in [5, 5.41) is 11.9. The smallest absolute Gasteiger partial charge is 0.248 e. The molecule has 1 aliphatic rings. The van der Waals surface area contributed by atoms with Crippen LogP contribution in [-0.2, 0) is 27.9 Å². The van der Waals surface area contributed by atoms with Crippen LogP contribution in [-0.4, -0.2) is 46.3 Å². The van der Waals surface area contributed by atoms with Crippen LogP contribution in [0.25, 0.3) is 0 Å². The van der Waals surface area contributed by atoms with E-state index in [1.165, 1.54) is 4.31 Å². The fourth-order valence-electron chi connectivity index (χ4n) is 2.96. The Morgan fingerprint density at radius 2 is 2.09 bits per heavy atom. The van der Waals surface area contributed by atoms with Gasteiger partial charge in [0.05, 0.1) is 6.54 Å². The molecule has 0 saturated carbocycles. The lowest BCUT2D eigenvalue weighted by atomic mass is 10.2. The van der Waals surface area contributed by atoms with E-state index in [2.05, 4.69) is 15.4 Å². The molecule has 0 saturated heterocycles. The maximum Gasteiger partial charge on any atom is 0.248 e. The lowest BCUT2D eigenvalue weighted by Crippen LogP contribution is -2.41. The van der Waals surface area contributed by atoms with E-state index in [0.29, 0.717) is 36.3 Å².